The predicted molar refractivity (Wildman–Crippen MR) is 79.6 cm³/mol. The highest BCUT2D eigenvalue weighted by Crippen LogP contribution is 2.28. The molecule has 20 heavy (non-hydrogen) atoms. The van der Waals surface area contributed by atoms with Crippen LogP contribution in [-0.2, 0) is 6.42 Å². The molecule has 1 aromatic heterocycles. The lowest BCUT2D eigenvalue weighted by molar-refractivity contribution is 0.584. The van der Waals surface area contributed by atoms with E-state index < -0.39 is 0 Å². The maximum atomic E-state index is 6.13. The highest BCUT2D eigenvalue weighted by molar-refractivity contribution is 6.33. The number of hydrogen-bond donors (Lipinski definition) is 0. The molecule has 0 saturated heterocycles. The Hall–Kier alpha value is -2.13. The van der Waals surface area contributed by atoms with E-state index in [0.29, 0.717) is 16.8 Å². The molecule has 0 unspecified atom stereocenters. The first-order valence-corrected chi connectivity index (χ1v) is 6.83. The Balaban J connectivity index is 1.95. The average Bonchev–Trinajstić information content (AvgIpc) is 2.97. The van der Waals surface area contributed by atoms with E-state index in [2.05, 4.69) is 29.3 Å². The van der Waals surface area contributed by atoms with E-state index in [9.17, 15) is 0 Å². The minimum atomic E-state index is 0.435. The fourth-order valence-corrected chi connectivity index (χ4v) is 2.18. The van der Waals surface area contributed by atoms with Crippen molar-refractivity contribution < 1.29 is 4.42 Å². The number of aryl methyl sites for hydroxylation is 1. The van der Waals surface area contributed by atoms with Crippen LogP contribution in [0.4, 0.5) is 0 Å². The van der Waals surface area contributed by atoms with Gasteiger partial charge >= 0.3 is 0 Å². The summed E-state index contributed by atoms with van der Waals surface area (Å²) in [7, 11) is 0. The summed E-state index contributed by atoms with van der Waals surface area (Å²) >= 11 is 6.13. The van der Waals surface area contributed by atoms with Crippen LogP contribution < -0.4 is 0 Å². The molecule has 0 bridgehead atoms. The SMILES string of the molecule is CCc1ccc(-c2nnc(-c3ccccc3Cl)o2)cc1. The second-order valence-corrected chi connectivity index (χ2v) is 4.85. The van der Waals surface area contributed by atoms with Gasteiger partial charge in [-0.2, -0.15) is 0 Å². The van der Waals surface area contributed by atoms with Crippen LogP contribution >= 0.6 is 11.6 Å². The van der Waals surface area contributed by atoms with Crippen LogP contribution in [0.15, 0.2) is 52.9 Å². The van der Waals surface area contributed by atoms with Gasteiger partial charge in [0.25, 0.3) is 0 Å². The average molecular weight is 285 g/mol. The van der Waals surface area contributed by atoms with Crippen molar-refractivity contribution in [3.8, 4) is 22.9 Å². The van der Waals surface area contributed by atoms with Gasteiger partial charge in [0.1, 0.15) is 0 Å². The number of benzene rings is 2. The van der Waals surface area contributed by atoms with E-state index in [1.165, 1.54) is 5.56 Å². The molecule has 3 rings (SSSR count). The lowest BCUT2D eigenvalue weighted by atomic mass is 10.1. The van der Waals surface area contributed by atoms with Gasteiger partial charge in [0, 0.05) is 5.56 Å². The molecule has 0 fully saturated rings. The van der Waals surface area contributed by atoms with Crippen LogP contribution in [0.3, 0.4) is 0 Å². The van der Waals surface area contributed by atoms with E-state index >= 15 is 0 Å². The van der Waals surface area contributed by atoms with Crippen molar-refractivity contribution in [2.75, 3.05) is 0 Å². The third-order valence-electron chi connectivity index (χ3n) is 3.14. The van der Waals surface area contributed by atoms with Gasteiger partial charge < -0.3 is 4.42 Å². The standard InChI is InChI=1S/C16H13ClN2O/c1-2-11-7-9-12(10-8-11)15-18-19-16(20-15)13-5-3-4-6-14(13)17/h3-10H,2H2,1H3. The fraction of sp³-hybridized carbons (Fsp3) is 0.125. The minimum Gasteiger partial charge on any atom is -0.416 e. The van der Waals surface area contributed by atoms with Gasteiger partial charge in [-0.15, -0.1) is 10.2 Å². The summed E-state index contributed by atoms with van der Waals surface area (Å²) in [6.07, 6.45) is 1.01. The highest BCUT2D eigenvalue weighted by Gasteiger charge is 2.12. The molecule has 0 radical (unpaired) electrons. The van der Waals surface area contributed by atoms with Crippen molar-refractivity contribution in [1.82, 2.24) is 10.2 Å². The van der Waals surface area contributed by atoms with Crippen molar-refractivity contribution in [2.45, 2.75) is 13.3 Å². The van der Waals surface area contributed by atoms with Crippen LogP contribution in [-0.4, -0.2) is 10.2 Å². The number of halogens is 1. The van der Waals surface area contributed by atoms with E-state index in [-0.39, 0.29) is 0 Å². The van der Waals surface area contributed by atoms with Crippen molar-refractivity contribution in [2.24, 2.45) is 0 Å². The second kappa shape index (κ2) is 5.47. The normalized spacial score (nSPS) is 10.7. The Morgan fingerprint density at radius 3 is 2.35 bits per heavy atom. The van der Waals surface area contributed by atoms with Crippen LogP contribution in [0, 0.1) is 0 Å². The zero-order valence-electron chi connectivity index (χ0n) is 11.0. The first kappa shape index (κ1) is 12.9. The highest BCUT2D eigenvalue weighted by atomic mass is 35.5. The van der Waals surface area contributed by atoms with Crippen molar-refractivity contribution in [1.29, 1.82) is 0 Å². The molecule has 0 N–H and O–H groups in total. The molecule has 3 nitrogen and oxygen atoms in total. The van der Waals surface area contributed by atoms with Crippen molar-refractivity contribution in [3.63, 3.8) is 0 Å². The zero-order valence-corrected chi connectivity index (χ0v) is 11.8. The molecule has 0 saturated carbocycles. The van der Waals surface area contributed by atoms with Gasteiger partial charge in [-0.3, -0.25) is 0 Å². The van der Waals surface area contributed by atoms with E-state index in [1.807, 2.05) is 30.3 Å². The van der Waals surface area contributed by atoms with Gasteiger partial charge in [0.2, 0.25) is 11.8 Å². The molecule has 0 spiro atoms. The molecule has 2 aromatic carbocycles. The Morgan fingerprint density at radius 1 is 0.950 bits per heavy atom. The lowest BCUT2D eigenvalue weighted by Gasteiger charge is -1.98. The maximum absolute atomic E-state index is 6.13. The van der Waals surface area contributed by atoms with Gasteiger partial charge in [0.15, 0.2) is 0 Å². The summed E-state index contributed by atoms with van der Waals surface area (Å²) in [6, 6.07) is 15.5. The number of aromatic nitrogens is 2. The van der Waals surface area contributed by atoms with E-state index in [1.54, 1.807) is 6.07 Å². The molecule has 0 aliphatic heterocycles. The Kier molecular flexibility index (Phi) is 3.52. The van der Waals surface area contributed by atoms with Crippen LogP contribution in [0.25, 0.3) is 22.9 Å². The molecule has 0 aliphatic rings. The van der Waals surface area contributed by atoms with E-state index in [4.69, 9.17) is 16.0 Å². The molecular formula is C16H13ClN2O. The second-order valence-electron chi connectivity index (χ2n) is 4.44. The first-order valence-electron chi connectivity index (χ1n) is 6.45. The monoisotopic (exact) mass is 284 g/mol. The number of rotatable bonds is 3. The Bertz CT molecular complexity index is 719. The largest absolute Gasteiger partial charge is 0.416 e. The molecule has 3 aromatic rings. The van der Waals surface area contributed by atoms with E-state index in [0.717, 1.165) is 17.5 Å². The van der Waals surface area contributed by atoms with Gasteiger partial charge in [0.05, 0.1) is 10.6 Å². The quantitative estimate of drug-likeness (QED) is 0.704. The van der Waals surface area contributed by atoms with Crippen molar-refractivity contribution in [3.05, 3.63) is 59.1 Å². The van der Waals surface area contributed by atoms with Gasteiger partial charge in [-0.25, -0.2) is 0 Å². The Labute approximate surface area is 122 Å². The summed E-state index contributed by atoms with van der Waals surface area (Å²) in [4.78, 5) is 0. The number of hydrogen-bond acceptors (Lipinski definition) is 3. The topological polar surface area (TPSA) is 38.9 Å². The summed E-state index contributed by atoms with van der Waals surface area (Å²) in [5.41, 5.74) is 2.94. The molecule has 0 atom stereocenters. The molecule has 0 aliphatic carbocycles. The third kappa shape index (κ3) is 2.45. The smallest absolute Gasteiger partial charge is 0.249 e. The molecule has 100 valence electrons. The number of nitrogens with zero attached hydrogens (tertiary/aromatic N) is 2. The summed E-state index contributed by atoms with van der Waals surface area (Å²) < 4.78 is 5.70. The van der Waals surface area contributed by atoms with Gasteiger partial charge in [-0.05, 0) is 36.2 Å². The van der Waals surface area contributed by atoms with Crippen LogP contribution in [0.2, 0.25) is 5.02 Å². The molecule has 1 heterocycles. The maximum Gasteiger partial charge on any atom is 0.249 e. The molecular weight excluding hydrogens is 272 g/mol. The fourth-order valence-electron chi connectivity index (χ4n) is 1.97. The summed E-state index contributed by atoms with van der Waals surface area (Å²) in [6.45, 7) is 2.12. The summed E-state index contributed by atoms with van der Waals surface area (Å²) in [5.74, 6) is 0.938. The van der Waals surface area contributed by atoms with Crippen LogP contribution in [0.5, 0.6) is 0 Å². The first-order chi connectivity index (χ1) is 9.78. The Morgan fingerprint density at radius 2 is 1.65 bits per heavy atom. The molecule has 4 heteroatoms. The molecule has 0 amide bonds. The predicted octanol–water partition coefficient (Wildman–Crippen LogP) is 4.62. The zero-order chi connectivity index (χ0) is 13.9. The summed E-state index contributed by atoms with van der Waals surface area (Å²) in [5, 5.41) is 8.75. The van der Waals surface area contributed by atoms with Gasteiger partial charge in [-0.1, -0.05) is 42.8 Å². The lowest BCUT2D eigenvalue weighted by Crippen LogP contribution is -1.81. The third-order valence-corrected chi connectivity index (χ3v) is 3.47. The minimum absolute atomic E-state index is 0.435. The van der Waals surface area contributed by atoms with Crippen LogP contribution in [0.1, 0.15) is 12.5 Å². The van der Waals surface area contributed by atoms with Crippen molar-refractivity contribution >= 4 is 11.6 Å².